The zero-order valence-corrected chi connectivity index (χ0v) is 16.2. The van der Waals surface area contributed by atoms with Crippen molar-refractivity contribution in [3.8, 4) is 11.5 Å². The number of amides is 1. The number of hydrogen-bond acceptors (Lipinski definition) is 5. The van der Waals surface area contributed by atoms with E-state index in [1.807, 2.05) is 0 Å². The molecule has 3 rings (SSSR count). The van der Waals surface area contributed by atoms with Crippen LogP contribution in [-0.4, -0.2) is 30.7 Å². The third kappa shape index (κ3) is 3.71. The molecule has 1 heterocycles. The molecule has 0 saturated heterocycles. The van der Waals surface area contributed by atoms with Crippen LogP contribution in [0.4, 0.5) is 10.1 Å². The minimum atomic E-state index is -0.704. The zero-order valence-electron chi connectivity index (χ0n) is 16.2. The van der Waals surface area contributed by atoms with Gasteiger partial charge in [-0.2, -0.15) is 0 Å². The number of ether oxygens (including phenoxy) is 2. The Kier molecular flexibility index (Phi) is 5.68. The number of phenols is 1. The van der Waals surface area contributed by atoms with E-state index in [-0.39, 0.29) is 34.0 Å². The summed E-state index contributed by atoms with van der Waals surface area (Å²) in [4.78, 5) is 26.7. The third-order valence-corrected chi connectivity index (χ3v) is 4.48. The predicted octanol–water partition coefficient (Wildman–Crippen LogP) is 3.81. The van der Waals surface area contributed by atoms with E-state index in [1.54, 1.807) is 32.0 Å². The molecule has 29 heavy (non-hydrogen) atoms. The highest BCUT2D eigenvalue weighted by Crippen LogP contribution is 2.37. The number of para-hydroxylation sites is 1. The van der Waals surface area contributed by atoms with Crippen LogP contribution in [0.1, 0.15) is 19.4 Å². The first kappa shape index (κ1) is 20.1. The summed E-state index contributed by atoms with van der Waals surface area (Å²) in [5, 5.41) is 9.87. The van der Waals surface area contributed by atoms with Crippen LogP contribution in [0.25, 0.3) is 6.08 Å². The van der Waals surface area contributed by atoms with Crippen LogP contribution < -0.4 is 9.64 Å². The molecule has 1 aliphatic rings. The van der Waals surface area contributed by atoms with Gasteiger partial charge in [0.2, 0.25) is 0 Å². The second-order valence-electron chi connectivity index (χ2n) is 6.26. The molecule has 0 radical (unpaired) electrons. The largest absolute Gasteiger partial charge is 0.504 e. The molecule has 0 unspecified atom stereocenters. The van der Waals surface area contributed by atoms with Gasteiger partial charge in [-0.1, -0.05) is 18.2 Å². The van der Waals surface area contributed by atoms with Gasteiger partial charge in [0.25, 0.3) is 5.91 Å². The fraction of sp³-hybridized carbons (Fsp3) is 0.182. The minimum absolute atomic E-state index is 0.0420. The highest BCUT2D eigenvalue weighted by Gasteiger charge is 2.38. The lowest BCUT2D eigenvalue weighted by molar-refractivity contribution is -0.136. The number of anilines is 1. The van der Waals surface area contributed by atoms with E-state index < -0.39 is 17.7 Å². The second-order valence-corrected chi connectivity index (χ2v) is 6.26. The van der Waals surface area contributed by atoms with Crippen LogP contribution in [-0.2, 0) is 14.3 Å². The molecule has 6 nitrogen and oxygen atoms in total. The summed E-state index contributed by atoms with van der Waals surface area (Å²) in [7, 11) is 1.21. The monoisotopic (exact) mass is 397 g/mol. The number of nitrogens with zero attached hydrogens (tertiary/aromatic N) is 1. The van der Waals surface area contributed by atoms with E-state index in [4.69, 9.17) is 9.47 Å². The third-order valence-electron chi connectivity index (χ3n) is 4.48. The van der Waals surface area contributed by atoms with Crippen LogP contribution >= 0.6 is 0 Å². The van der Waals surface area contributed by atoms with Gasteiger partial charge in [-0.3, -0.25) is 9.69 Å². The summed E-state index contributed by atoms with van der Waals surface area (Å²) in [5.74, 6) is -1.64. The van der Waals surface area contributed by atoms with Crippen molar-refractivity contribution in [2.45, 2.75) is 13.8 Å². The average molecular weight is 397 g/mol. The number of rotatable bonds is 5. The van der Waals surface area contributed by atoms with E-state index >= 15 is 0 Å². The molecule has 2 aromatic rings. The summed E-state index contributed by atoms with van der Waals surface area (Å²) >= 11 is 0. The van der Waals surface area contributed by atoms with E-state index in [0.29, 0.717) is 12.2 Å². The summed E-state index contributed by atoms with van der Waals surface area (Å²) in [6, 6.07) is 10.4. The topological polar surface area (TPSA) is 76.1 Å². The number of methoxy groups -OCH3 is 1. The van der Waals surface area contributed by atoms with Gasteiger partial charge in [-0.05, 0) is 49.8 Å². The van der Waals surface area contributed by atoms with E-state index in [1.165, 1.54) is 37.5 Å². The number of allylic oxidation sites excluding steroid dienone is 1. The summed E-state index contributed by atoms with van der Waals surface area (Å²) < 4.78 is 24.5. The Labute approximate surface area is 167 Å². The summed E-state index contributed by atoms with van der Waals surface area (Å²) in [6.07, 6.45) is 1.49. The van der Waals surface area contributed by atoms with Crippen molar-refractivity contribution < 1.29 is 28.6 Å². The Balaban J connectivity index is 2.14. The Morgan fingerprint density at radius 3 is 2.62 bits per heavy atom. The number of carbonyl (C=O) groups excluding carboxylic acids is 2. The fourth-order valence-corrected chi connectivity index (χ4v) is 3.16. The summed E-state index contributed by atoms with van der Waals surface area (Å²) in [6.45, 7) is 3.68. The molecular weight excluding hydrogens is 377 g/mol. The normalized spacial score (nSPS) is 15.2. The molecule has 0 aromatic heterocycles. The van der Waals surface area contributed by atoms with Crippen molar-refractivity contribution in [1.29, 1.82) is 0 Å². The van der Waals surface area contributed by atoms with Gasteiger partial charge >= 0.3 is 5.97 Å². The average Bonchev–Trinajstić information content (AvgIpc) is 2.94. The number of esters is 1. The molecule has 0 bridgehead atoms. The van der Waals surface area contributed by atoms with Crippen molar-refractivity contribution in [1.82, 2.24) is 0 Å². The second kappa shape index (κ2) is 8.18. The number of phenolic OH excluding ortho intramolecular Hbond substituents is 1. The van der Waals surface area contributed by atoms with E-state index in [0.717, 1.165) is 4.90 Å². The molecule has 1 N–H and O–H groups in total. The quantitative estimate of drug-likeness (QED) is 0.613. The Hall–Kier alpha value is -3.61. The maximum Gasteiger partial charge on any atom is 0.340 e. The maximum atomic E-state index is 14.3. The first-order chi connectivity index (χ1) is 13.9. The van der Waals surface area contributed by atoms with Crippen molar-refractivity contribution in [2.75, 3.05) is 18.6 Å². The summed E-state index contributed by atoms with van der Waals surface area (Å²) in [5.41, 5.74) is 0.944. The van der Waals surface area contributed by atoms with Gasteiger partial charge in [0.15, 0.2) is 11.5 Å². The Morgan fingerprint density at radius 2 is 1.97 bits per heavy atom. The van der Waals surface area contributed by atoms with Crippen molar-refractivity contribution >= 4 is 23.6 Å². The number of carbonyl (C=O) groups is 2. The zero-order chi connectivity index (χ0) is 21.1. The van der Waals surface area contributed by atoms with Crippen LogP contribution in [0.3, 0.4) is 0 Å². The SMILES string of the molecule is CCOc1cc(/C=C2\C(=O)N(c3ccccc3F)C(C)=C2C(=O)OC)ccc1O. The molecule has 1 aliphatic heterocycles. The molecule has 1 amide bonds. The lowest BCUT2D eigenvalue weighted by atomic mass is 10.0. The molecular formula is C22H20FNO5. The number of hydrogen-bond donors (Lipinski definition) is 1. The Morgan fingerprint density at radius 1 is 1.24 bits per heavy atom. The lowest BCUT2D eigenvalue weighted by Crippen LogP contribution is -2.25. The molecule has 0 atom stereocenters. The van der Waals surface area contributed by atoms with Crippen LogP contribution in [0.5, 0.6) is 11.5 Å². The first-order valence-corrected chi connectivity index (χ1v) is 8.95. The standard InChI is InChI=1S/C22H20FNO5/c1-4-29-19-12-14(9-10-18(19)25)11-15-20(22(27)28-3)13(2)24(21(15)26)17-8-6-5-7-16(17)23/h5-12,25H,4H2,1-3H3/b15-11-. The molecule has 7 heteroatoms. The molecule has 2 aromatic carbocycles. The van der Waals surface area contributed by atoms with Crippen molar-refractivity contribution in [3.05, 3.63) is 70.7 Å². The van der Waals surface area contributed by atoms with E-state index in [2.05, 4.69) is 0 Å². The number of benzene rings is 2. The number of aromatic hydroxyl groups is 1. The lowest BCUT2D eigenvalue weighted by Gasteiger charge is -2.18. The van der Waals surface area contributed by atoms with Gasteiger partial charge in [-0.25, -0.2) is 9.18 Å². The molecule has 0 spiro atoms. The van der Waals surface area contributed by atoms with Gasteiger partial charge in [0.1, 0.15) is 5.82 Å². The smallest absolute Gasteiger partial charge is 0.340 e. The van der Waals surface area contributed by atoms with Gasteiger partial charge < -0.3 is 14.6 Å². The fourth-order valence-electron chi connectivity index (χ4n) is 3.16. The number of halogens is 1. The highest BCUT2D eigenvalue weighted by atomic mass is 19.1. The molecule has 0 saturated carbocycles. The van der Waals surface area contributed by atoms with Gasteiger partial charge in [0, 0.05) is 5.70 Å². The van der Waals surface area contributed by atoms with E-state index in [9.17, 15) is 19.1 Å². The minimum Gasteiger partial charge on any atom is -0.504 e. The first-order valence-electron chi connectivity index (χ1n) is 8.95. The highest BCUT2D eigenvalue weighted by molar-refractivity contribution is 6.23. The van der Waals surface area contributed by atoms with Gasteiger partial charge in [0.05, 0.1) is 30.6 Å². The Bertz CT molecular complexity index is 1040. The molecule has 0 fully saturated rings. The molecule has 150 valence electrons. The van der Waals surface area contributed by atoms with Crippen LogP contribution in [0.15, 0.2) is 59.3 Å². The van der Waals surface area contributed by atoms with Crippen LogP contribution in [0.2, 0.25) is 0 Å². The molecule has 0 aliphatic carbocycles. The van der Waals surface area contributed by atoms with Gasteiger partial charge in [-0.15, -0.1) is 0 Å². The van der Waals surface area contributed by atoms with Crippen molar-refractivity contribution in [2.24, 2.45) is 0 Å². The predicted molar refractivity (Wildman–Crippen MR) is 106 cm³/mol. The maximum absolute atomic E-state index is 14.3. The van der Waals surface area contributed by atoms with Crippen molar-refractivity contribution in [3.63, 3.8) is 0 Å². The van der Waals surface area contributed by atoms with Crippen LogP contribution in [0, 0.1) is 5.82 Å².